The maximum absolute atomic E-state index is 13.4. The Balaban J connectivity index is 1.33. The molecule has 39 heavy (non-hydrogen) atoms. The number of carbonyl (C=O) groups excluding carboxylic acids is 3. The second kappa shape index (κ2) is 12.3. The Bertz CT molecular complexity index is 1400. The Morgan fingerprint density at radius 2 is 1.74 bits per heavy atom. The zero-order valence-corrected chi connectivity index (χ0v) is 24.2. The van der Waals surface area contributed by atoms with Crippen LogP contribution in [0.25, 0.3) is 0 Å². The van der Waals surface area contributed by atoms with Gasteiger partial charge in [-0.25, -0.2) is 4.79 Å². The van der Waals surface area contributed by atoms with Gasteiger partial charge < -0.3 is 14.8 Å². The highest BCUT2D eigenvalue weighted by molar-refractivity contribution is 9.10. The van der Waals surface area contributed by atoms with E-state index in [9.17, 15) is 14.4 Å². The van der Waals surface area contributed by atoms with E-state index in [0.717, 1.165) is 25.4 Å². The fourth-order valence-corrected chi connectivity index (χ4v) is 6.98. The zero-order chi connectivity index (χ0) is 27.4. The summed E-state index contributed by atoms with van der Waals surface area (Å²) in [5, 5.41) is 2.48. The Kier molecular flexibility index (Phi) is 8.64. The maximum Gasteiger partial charge on any atom is 0.356 e. The molecule has 0 aromatic heterocycles. The molecule has 200 valence electrons. The molecule has 2 amide bonds. The molecule has 0 saturated carbocycles. The SMILES string of the molecule is COc1ccc(COC(=O)C2=C(Sc3ccc(Br)cc3)CS[C@@H]3[C@H](NC(=O)Cc4ccccc4)C(=O)N23)cc1. The van der Waals surface area contributed by atoms with E-state index in [1.807, 2.05) is 66.7 Å². The van der Waals surface area contributed by atoms with Gasteiger partial charge in [-0.1, -0.05) is 70.2 Å². The van der Waals surface area contributed by atoms with Gasteiger partial charge in [-0.2, -0.15) is 0 Å². The number of benzene rings is 3. The summed E-state index contributed by atoms with van der Waals surface area (Å²) in [6, 6.07) is 23.7. The molecule has 1 fully saturated rings. The number of halogens is 1. The quantitative estimate of drug-likeness (QED) is 0.260. The van der Waals surface area contributed by atoms with Crippen molar-refractivity contribution in [3.05, 3.63) is 105 Å². The van der Waals surface area contributed by atoms with Gasteiger partial charge in [0.15, 0.2) is 0 Å². The summed E-state index contributed by atoms with van der Waals surface area (Å²) in [6.45, 7) is 0.0552. The van der Waals surface area contributed by atoms with Crippen molar-refractivity contribution < 1.29 is 23.9 Å². The molecule has 0 unspecified atom stereocenters. The number of fused-ring (bicyclic) bond motifs is 1. The number of hydrogen-bond donors (Lipinski definition) is 1. The van der Waals surface area contributed by atoms with Gasteiger partial charge in [-0.3, -0.25) is 14.5 Å². The van der Waals surface area contributed by atoms with Crippen LogP contribution < -0.4 is 10.1 Å². The Hall–Kier alpha value is -3.21. The summed E-state index contributed by atoms with van der Waals surface area (Å²) in [6.07, 6.45) is 0.180. The number of amides is 2. The minimum absolute atomic E-state index is 0.0552. The lowest BCUT2D eigenvalue weighted by atomic mass is 10.0. The van der Waals surface area contributed by atoms with Crippen molar-refractivity contribution in [1.82, 2.24) is 10.2 Å². The summed E-state index contributed by atoms with van der Waals surface area (Å²) in [5.41, 5.74) is 1.90. The van der Waals surface area contributed by atoms with Crippen LogP contribution in [-0.2, 0) is 32.1 Å². The molecule has 2 heterocycles. The predicted molar refractivity (Wildman–Crippen MR) is 155 cm³/mol. The summed E-state index contributed by atoms with van der Waals surface area (Å²) >= 11 is 6.40. The smallest absolute Gasteiger partial charge is 0.356 e. The molecule has 0 spiro atoms. The second-order valence-corrected chi connectivity index (χ2v) is 12.1. The molecule has 1 saturated heterocycles. The first-order valence-corrected chi connectivity index (χ1v) is 14.8. The van der Waals surface area contributed by atoms with Crippen molar-refractivity contribution in [3.63, 3.8) is 0 Å². The zero-order valence-electron chi connectivity index (χ0n) is 21.0. The van der Waals surface area contributed by atoms with Crippen molar-refractivity contribution in [3.8, 4) is 5.75 Å². The van der Waals surface area contributed by atoms with Crippen LogP contribution >= 0.6 is 39.5 Å². The number of hydrogen-bond acceptors (Lipinski definition) is 7. The molecule has 5 rings (SSSR count). The second-order valence-electron chi connectivity index (χ2n) is 8.87. The number of β-lactam (4-membered cyclic amide) rings is 1. The number of carbonyl (C=O) groups is 3. The van der Waals surface area contributed by atoms with E-state index in [4.69, 9.17) is 9.47 Å². The van der Waals surface area contributed by atoms with E-state index in [-0.39, 0.29) is 35.9 Å². The Morgan fingerprint density at radius 1 is 1.03 bits per heavy atom. The highest BCUT2D eigenvalue weighted by atomic mass is 79.9. The van der Waals surface area contributed by atoms with E-state index in [2.05, 4.69) is 21.2 Å². The summed E-state index contributed by atoms with van der Waals surface area (Å²) < 4.78 is 11.8. The van der Waals surface area contributed by atoms with Crippen LogP contribution in [-0.4, -0.2) is 47.0 Å². The van der Waals surface area contributed by atoms with Crippen molar-refractivity contribution in [1.29, 1.82) is 0 Å². The molecule has 10 heteroatoms. The molecule has 2 atom stereocenters. The topological polar surface area (TPSA) is 84.9 Å². The average molecular weight is 626 g/mol. The molecular formula is C29H25BrN2O5S2. The van der Waals surface area contributed by atoms with Crippen molar-refractivity contribution >= 4 is 57.2 Å². The lowest BCUT2D eigenvalue weighted by molar-refractivity contribution is -0.153. The predicted octanol–water partition coefficient (Wildman–Crippen LogP) is 5.15. The van der Waals surface area contributed by atoms with Gasteiger partial charge >= 0.3 is 5.97 Å². The first-order valence-electron chi connectivity index (χ1n) is 12.2. The minimum atomic E-state index is -0.699. The fraction of sp³-hybridized carbons (Fsp3) is 0.207. The normalized spacial score (nSPS) is 18.2. The molecular weight excluding hydrogens is 600 g/mol. The highest BCUT2D eigenvalue weighted by Gasteiger charge is 2.54. The molecule has 2 aliphatic heterocycles. The third-order valence-electron chi connectivity index (χ3n) is 6.23. The van der Waals surface area contributed by atoms with E-state index in [1.54, 1.807) is 19.2 Å². The van der Waals surface area contributed by atoms with Gasteiger partial charge in [-0.15, -0.1) is 11.8 Å². The Morgan fingerprint density at radius 3 is 2.44 bits per heavy atom. The number of rotatable bonds is 9. The van der Waals surface area contributed by atoms with Gasteiger partial charge in [0.05, 0.1) is 13.5 Å². The molecule has 2 aliphatic rings. The summed E-state index contributed by atoms with van der Waals surface area (Å²) in [4.78, 5) is 42.6. The average Bonchev–Trinajstić information content (AvgIpc) is 2.96. The van der Waals surface area contributed by atoms with Gasteiger partial charge in [0.1, 0.15) is 29.5 Å². The molecule has 0 radical (unpaired) electrons. The van der Waals surface area contributed by atoms with Gasteiger partial charge in [0.2, 0.25) is 5.91 Å². The molecule has 7 nitrogen and oxygen atoms in total. The molecule has 0 aliphatic carbocycles. The van der Waals surface area contributed by atoms with Gasteiger partial charge in [0, 0.05) is 20.0 Å². The lowest BCUT2D eigenvalue weighted by Gasteiger charge is -2.49. The number of thioether (sulfide) groups is 2. The largest absolute Gasteiger partial charge is 0.497 e. The number of ether oxygens (including phenoxy) is 2. The van der Waals surface area contributed by atoms with Crippen LogP contribution in [0.2, 0.25) is 0 Å². The molecule has 3 aromatic rings. The standard InChI is InChI=1S/C29H25BrN2O5S2/c1-36-21-11-7-19(8-12-21)16-37-29(35)26-23(39-22-13-9-20(30)10-14-22)17-38-28-25(27(34)32(26)28)31-24(33)15-18-5-3-2-4-6-18/h2-14,25,28H,15-17H2,1H3,(H,31,33)/t25-,28-/m1/s1. The van der Waals surface area contributed by atoms with Gasteiger partial charge in [-0.05, 0) is 47.5 Å². The molecule has 0 bridgehead atoms. The van der Waals surface area contributed by atoms with E-state index < -0.39 is 12.0 Å². The maximum atomic E-state index is 13.4. The lowest BCUT2D eigenvalue weighted by Crippen LogP contribution is -2.70. The number of nitrogens with one attached hydrogen (secondary N) is 1. The fourth-order valence-electron chi connectivity index (χ4n) is 4.25. The number of esters is 1. The van der Waals surface area contributed by atoms with E-state index >= 15 is 0 Å². The highest BCUT2D eigenvalue weighted by Crippen LogP contribution is 2.45. The van der Waals surface area contributed by atoms with Crippen LogP contribution in [0.15, 0.2) is 98.8 Å². The van der Waals surface area contributed by atoms with Crippen LogP contribution in [0.4, 0.5) is 0 Å². The van der Waals surface area contributed by atoms with Crippen LogP contribution in [0.1, 0.15) is 11.1 Å². The summed E-state index contributed by atoms with van der Waals surface area (Å²) in [5.74, 6) is 0.0897. The number of nitrogens with zero attached hydrogens (tertiary/aromatic N) is 1. The first kappa shape index (κ1) is 27.4. The van der Waals surface area contributed by atoms with Gasteiger partial charge in [0.25, 0.3) is 5.91 Å². The van der Waals surface area contributed by atoms with Crippen LogP contribution in [0, 0.1) is 0 Å². The number of methoxy groups -OCH3 is 1. The monoisotopic (exact) mass is 624 g/mol. The van der Waals surface area contributed by atoms with Crippen molar-refractivity contribution in [2.75, 3.05) is 12.9 Å². The van der Waals surface area contributed by atoms with Crippen LogP contribution in [0.5, 0.6) is 5.75 Å². The van der Waals surface area contributed by atoms with E-state index in [0.29, 0.717) is 11.5 Å². The molecule has 1 N–H and O–H groups in total. The van der Waals surface area contributed by atoms with Crippen molar-refractivity contribution in [2.45, 2.75) is 29.3 Å². The Labute approximate surface area is 243 Å². The third kappa shape index (κ3) is 6.34. The first-order chi connectivity index (χ1) is 18.9. The van der Waals surface area contributed by atoms with Crippen molar-refractivity contribution in [2.24, 2.45) is 0 Å². The summed E-state index contributed by atoms with van der Waals surface area (Å²) in [7, 11) is 1.59. The third-order valence-corrected chi connectivity index (χ3v) is 9.32. The van der Waals surface area contributed by atoms with Crippen LogP contribution in [0.3, 0.4) is 0 Å². The minimum Gasteiger partial charge on any atom is -0.497 e. The van der Waals surface area contributed by atoms with E-state index in [1.165, 1.54) is 28.4 Å². The molecule has 3 aromatic carbocycles.